The lowest BCUT2D eigenvalue weighted by atomic mass is 10.0. The number of anilines is 1. The van der Waals surface area contributed by atoms with E-state index in [1.54, 1.807) is 12.0 Å². The summed E-state index contributed by atoms with van der Waals surface area (Å²) in [5.41, 5.74) is 1.20. The summed E-state index contributed by atoms with van der Waals surface area (Å²) in [6.45, 7) is 13.1. The number of ether oxygens (including phenoxy) is 1. The van der Waals surface area contributed by atoms with Crippen LogP contribution in [0.1, 0.15) is 52.4 Å². The maximum Gasteiger partial charge on any atom is 0.209 e. The second-order valence-electron chi connectivity index (χ2n) is 7.92. The largest absolute Gasteiger partial charge is 0.497 e. The number of hydrogen-bond donors (Lipinski definition) is 1. The fourth-order valence-electron chi connectivity index (χ4n) is 3.84. The van der Waals surface area contributed by atoms with E-state index in [-0.39, 0.29) is 5.54 Å². The van der Waals surface area contributed by atoms with Gasteiger partial charge < -0.3 is 14.5 Å². The molecule has 7 heteroatoms. The van der Waals surface area contributed by atoms with Gasteiger partial charge in [-0.25, -0.2) is 4.68 Å². The summed E-state index contributed by atoms with van der Waals surface area (Å²) in [6.07, 6.45) is 2.04. The van der Waals surface area contributed by atoms with Crippen molar-refractivity contribution in [3.05, 3.63) is 30.1 Å². The Morgan fingerprint density at radius 1 is 1.15 bits per heavy atom. The summed E-state index contributed by atoms with van der Waals surface area (Å²) in [6, 6.07) is 8.69. The molecule has 0 aliphatic carbocycles. The normalized spacial score (nSPS) is 17.1. The molecule has 27 heavy (non-hydrogen) atoms. The minimum Gasteiger partial charge on any atom is -0.497 e. The van der Waals surface area contributed by atoms with E-state index in [0.29, 0.717) is 6.04 Å². The number of rotatable bonds is 7. The minimum absolute atomic E-state index is 0.0589. The number of nitrogens with zero attached hydrogens (tertiary/aromatic N) is 5. The average molecular weight is 374 g/mol. The Morgan fingerprint density at radius 3 is 2.37 bits per heavy atom. The molecule has 1 aromatic carbocycles. The molecule has 1 fully saturated rings. The molecule has 0 radical (unpaired) electrons. The zero-order valence-corrected chi connectivity index (χ0v) is 17.3. The van der Waals surface area contributed by atoms with E-state index in [1.807, 2.05) is 16.8 Å². The zero-order valence-electron chi connectivity index (χ0n) is 17.3. The molecule has 2 heterocycles. The number of methoxy groups -OCH3 is 1. The Labute approximate surface area is 162 Å². The van der Waals surface area contributed by atoms with Crippen molar-refractivity contribution in [2.24, 2.45) is 0 Å². The molecule has 0 amide bonds. The van der Waals surface area contributed by atoms with Gasteiger partial charge in [0.05, 0.1) is 38.8 Å². The van der Waals surface area contributed by atoms with Crippen molar-refractivity contribution in [2.45, 2.75) is 52.1 Å². The van der Waals surface area contributed by atoms with Crippen molar-refractivity contribution < 1.29 is 9.64 Å². The van der Waals surface area contributed by atoms with Crippen LogP contribution in [0.3, 0.4) is 0 Å². The summed E-state index contributed by atoms with van der Waals surface area (Å²) < 4.78 is 7.31. The fourth-order valence-corrected chi connectivity index (χ4v) is 3.84. The minimum atomic E-state index is -0.0589. The van der Waals surface area contributed by atoms with E-state index in [4.69, 9.17) is 4.74 Å². The monoisotopic (exact) mass is 373 g/mol. The van der Waals surface area contributed by atoms with Crippen molar-refractivity contribution in [3.8, 4) is 5.75 Å². The Hall–Kier alpha value is -2.15. The highest BCUT2D eigenvalue weighted by atomic mass is 16.5. The second-order valence-corrected chi connectivity index (χ2v) is 7.92. The summed E-state index contributed by atoms with van der Waals surface area (Å²) >= 11 is 0. The molecule has 3 rings (SSSR count). The summed E-state index contributed by atoms with van der Waals surface area (Å²) in [5.74, 6) is 1.93. The van der Waals surface area contributed by atoms with Gasteiger partial charge in [-0.1, -0.05) is 13.8 Å². The van der Waals surface area contributed by atoms with Crippen molar-refractivity contribution in [2.75, 3.05) is 38.2 Å². The van der Waals surface area contributed by atoms with Crippen LogP contribution >= 0.6 is 0 Å². The first-order valence-electron chi connectivity index (χ1n) is 10.0. The van der Waals surface area contributed by atoms with Gasteiger partial charge in [0, 0.05) is 12.1 Å². The molecule has 1 aromatic heterocycles. The summed E-state index contributed by atoms with van der Waals surface area (Å²) in [7, 11) is 1.70. The third kappa shape index (κ3) is 4.08. The van der Waals surface area contributed by atoms with Crippen LogP contribution in [0, 0.1) is 0 Å². The maximum absolute atomic E-state index is 5.26. The van der Waals surface area contributed by atoms with Crippen molar-refractivity contribution >= 4 is 5.69 Å². The topological polar surface area (TPSA) is 60.5 Å². The molecule has 148 valence electrons. The highest BCUT2D eigenvalue weighted by Gasteiger charge is 2.34. The first kappa shape index (κ1) is 19.6. The van der Waals surface area contributed by atoms with E-state index in [1.165, 1.54) is 5.69 Å². The number of tetrazole rings is 1. The van der Waals surface area contributed by atoms with E-state index >= 15 is 0 Å². The Morgan fingerprint density at radius 2 is 1.81 bits per heavy atom. The number of piperazine rings is 1. The quantitative estimate of drug-likeness (QED) is 0.800. The highest BCUT2D eigenvalue weighted by Crippen LogP contribution is 2.23. The molecular weight excluding hydrogens is 340 g/mol. The predicted molar refractivity (Wildman–Crippen MR) is 106 cm³/mol. The van der Waals surface area contributed by atoms with Crippen LogP contribution in [0.2, 0.25) is 0 Å². The van der Waals surface area contributed by atoms with Crippen molar-refractivity contribution in [3.63, 3.8) is 0 Å². The number of aromatic nitrogens is 4. The van der Waals surface area contributed by atoms with Gasteiger partial charge >= 0.3 is 0 Å². The first-order chi connectivity index (χ1) is 13.0. The van der Waals surface area contributed by atoms with Crippen LogP contribution in [0.15, 0.2) is 24.3 Å². The van der Waals surface area contributed by atoms with Gasteiger partial charge in [0.1, 0.15) is 11.8 Å². The molecule has 1 aliphatic heterocycles. The van der Waals surface area contributed by atoms with Gasteiger partial charge in [0.2, 0.25) is 5.82 Å². The van der Waals surface area contributed by atoms with E-state index in [9.17, 15) is 0 Å². The molecule has 1 N–H and O–H groups in total. The predicted octanol–water partition coefficient (Wildman–Crippen LogP) is 1.68. The third-order valence-corrected chi connectivity index (χ3v) is 5.99. The lowest BCUT2D eigenvalue weighted by Crippen LogP contribution is -3.15. The smallest absolute Gasteiger partial charge is 0.209 e. The lowest BCUT2D eigenvalue weighted by Gasteiger charge is -2.37. The molecule has 1 saturated heterocycles. The number of nitrogens with one attached hydrogen (secondary N) is 1. The van der Waals surface area contributed by atoms with Crippen LogP contribution in [-0.4, -0.2) is 53.5 Å². The molecule has 1 atom stereocenters. The van der Waals surface area contributed by atoms with Crippen LogP contribution in [0.25, 0.3) is 0 Å². The molecule has 2 aromatic rings. The van der Waals surface area contributed by atoms with Gasteiger partial charge in [0.25, 0.3) is 0 Å². The third-order valence-electron chi connectivity index (χ3n) is 5.99. The number of hydrogen-bond acceptors (Lipinski definition) is 5. The second kappa shape index (κ2) is 8.25. The number of benzene rings is 1. The molecule has 7 nitrogen and oxygen atoms in total. The molecular formula is C20H33N6O+. The Balaban J connectivity index is 1.70. The van der Waals surface area contributed by atoms with Gasteiger partial charge in [-0.3, -0.25) is 0 Å². The molecule has 0 spiro atoms. The van der Waals surface area contributed by atoms with Gasteiger partial charge in [0.15, 0.2) is 0 Å². The van der Waals surface area contributed by atoms with E-state index in [2.05, 4.69) is 60.3 Å². The van der Waals surface area contributed by atoms with Crippen LogP contribution in [0.5, 0.6) is 5.75 Å². The van der Waals surface area contributed by atoms with Crippen LogP contribution in [-0.2, 0) is 5.54 Å². The Kier molecular flexibility index (Phi) is 5.99. The average Bonchev–Trinajstić information content (AvgIpc) is 3.20. The van der Waals surface area contributed by atoms with Crippen LogP contribution < -0.4 is 14.5 Å². The SMILES string of the molecule is CC[C@H](c1nnnn1C(C)(C)CC)[NH+]1CCN(c2ccc(OC)cc2)CC1. The first-order valence-corrected chi connectivity index (χ1v) is 10.0. The van der Waals surface area contributed by atoms with Crippen molar-refractivity contribution in [1.82, 2.24) is 20.2 Å². The molecule has 1 aliphatic rings. The zero-order chi connectivity index (χ0) is 19.4. The molecule has 0 unspecified atom stereocenters. The molecule has 0 saturated carbocycles. The Bertz CT molecular complexity index is 718. The molecule has 0 bridgehead atoms. The van der Waals surface area contributed by atoms with Crippen molar-refractivity contribution in [1.29, 1.82) is 0 Å². The van der Waals surface area contributed by atoms with E-state index < -0.39 is 0 Å². The standard InChI is InChI=1S/C20H32N6O/c1-6-18(19-21-22-23-26(19)20(3,4)7-2)25-14-12-24(13-15-25)16-8-10-17(27-5)11-9-16/h8-11,18H,6-7,12-15H2,1-5H3/p+1/t18-/m1/s1. The summed E-state index contributed by atoms with van der Waals surface area (Å²) in [4.78, 5) is 4.03. The van der Waals surface area contributed by atoms with Crippen LogP contribution in [0.4, 0.5) is 5.69 Å². The van der Waals surface area contributed by atoms with Gasteiger partial charge in [-0.2, -0.15) is 0 Å². The summed E-state index contributed by atoms with van der Waals surface area (Å²) in [5, 5.41) is 12.8. The number of quaternary nitrogens is 1. The van der Waals surface area contributed by atoms with Gasteiger partial charge in [-0.15, -0.1) is 5.10 Å². The fraction of sp³-hybridized carbons (Fsp3) is 0.650. The highest BCUT2D eigenvalue weighted by molar-refractivity contribution is 5.49. The van der Waals surface area contributed by atoms with E-state index in [0.717, 1.165) is 50.6 Å². The lowest BCUT2D eigenvalue weighted by molar-refractivity contribution is -0.933. The maximum atomic E-state index is 5.26. The van der Waals surface area contributed by atoms with Gasteiger partial charge in [-0.05, 0) is 55.0 Å².